The van der Waals surface area contributed by atoms with E-state index in [2.05, 4.69) is 23.5 Å². The number of urea groups is 1. The molecule has 106 valence electrons. The highest BCUT2D eigenvalue weighted by Gasteiger charge is 2.42. The summed E-state index contributed by atoms with van der Waals surface area (Å²) in [6.45, 7) is 3.96. The molecule has 1 unspecified atom stereocenters. The van der Waals surface area contributed by atoms with E-state index in [1.807, 2.05) is 6.92 Å². The minimum atomic E-state index is -1.15. The zero-order valence-electron chi connectivity index (χ0n) is 11.5. The first-order valence-corrected chi connectivity index (χ1v) is 6.71. The summed E-state index contributed by atoms with van der Waals surface area (Å²) in [5.74, 6) is 1.99. The summed E-state index contributed by atoms with van der Waals surface area (Å²) >= 11 is 0. The molecule has 0 aliphatic heterocycles. The molecule has 19 heavy (non-hydrogen) atoms. The van der Waals surface area contributed by atoms with Crippen molar-refractivity contribution in [1.82, 2.24) is 10.6 Å². The first-order chi connectivity index (χ1) is 8.93. The van der Waals surface area contributed by atoms with E-state index in [4.69, 9.17) is 6.42 Å². The summed E-state index contributed by atoms with van der Waals surface area (Å²) in [5.41, 5.74) is -1.15. The van der Waals surface area contributed by atoms with Crippen LogP contribution in [0.2, 0.25) is 0 Å². The van der Waals surface area contributed by atoms with Gasteiger partial charge in [0.2, 0.25) is 0 Å². The smallest absolute Gasteiger partial charge is 0.329 e. The van der Waals surface area contributed by atoms with E-state index in [0.29, 0.717) is 25.2 Å². The lowest BCUT2D eigenvalue weighted by Gasteiger charge is -2.36. The van der Waals surface area contributed by atoms with E-state index in [-0.39, 0.29) is 6.04 Å². The van der Waals surface area contributed by atoms with Gasteiger partial charge in [-0.3, -0.25) is 0 Å². The van der Waals surface area contributed by atoms with Gasteiger partial charge >= 0.3 is 12.0 Å². The Hall–Kier alpha value is -1.70. The van der Waals surface area contributed by atoms with Crippen LogP contribution in [0.15, 0.2) is 0 Å². The third-order valence-corrected chi connectivity index (χ3v) is 3.80. The van der Waals surface area contributed by atoms with Gasteiger partial charge in [-0.05, 0) is 38.0 Å². The third kappa shape index (κ3) is 3.88. The summed E-state index contributed by atoms with van der Waals surface area (Å²) in [4.78, 5) is 23.3. The highest BCUT2D eigenvalue weighted by atomic mass is 16.4. The lowest BCUT2D eigenvalue weighted by Crippen LogP contribution is -2.59. The van der Waals surface area contributed by atoms with Gasteiger partial charge in [0.1, 0.15) is 5.54 Å². The van der Waals surface area contributed by atoms with Gasteiger partial charge in [-0.2, -0.15) is 0 Å². The van der Waals surface area contributed by atoms with Crippen molar-refractivity contribution in [3.63, 3.8) is 0 Å². The Bertz CT molecular complexity index is 379. The molecule has 1 aliphatic rings. The Labute approximate surface area is 114 Å². The molecule has 3 N–H and O–H groups in total. The van der Waals surface area contributed by atoms with Crippen LogP contribution in [-0.2, 0) is 4.79 Å². The molecule has 2 amide bonds. The van der Waals surface area contributed by atoms with Gasteiger partial charge < -0.3 is 15.7 Å². The van der Waals surface area contributed by atoms with Gasteiger partial charge in [-0.15, -0.1) is 6.42 Å². The number of hydrogen-bond acceptors (Lipinski definition) is 2. The zero-order valence-corrected chi connectivity index (χ0v) is 11.5. The summed E-state index contributed by atoms with van der Waals surface area (Å²) < 4.78 is 0. The van der Waals surface area contributed by atoms with Crippen LogP contribution in [0, 0.1) is 18.3 Å². The number of carbonyl (C=O) groups excluding carboxylic acids is 1. The van der Waals surface area contributed by atoms with Crippen molar-refractivity contribution >= 4 is 12.0 Å². The van der Waals surface area contributed by atoms with Crippen LogP contribution in [0.5, 0.6) is 0 Å². The number of carboxylic acids is 1. The zero-order chi connectivity index (χ0) is 14.5. The molecule has 5 heteroatoms. The lowest BCUT2D eigenvalue weighted by molar-refractivity contribution is -0.146. The number of carboxylic acid groups (broad SMARTS) is 1. The fourth-order valence-corrected chi connectivity index (χ4v) is 2.32. The molecular formula is C14H22N2O3. The molecule has 0 aromatic heterocycles. The average molecular weight is 266 g/mol. The minimum Gasteiger partial charge on any atom is -0.480 e. The number of carbonyl (C=O) groups is 2. The van der Waals surface area contributed by atoms with Crippen LogP contribution >= 0.6 is 0 Å². The van der Waals surface area contributed by atoms with Gasteiger partial charge in [0.15, 0.2) is 0 Å². The summed E-state index contributed by atoms with van der Waals surface area (Å²) in [7, 11) is 0. The standard InChI is InChI=1S/C14H22N2O3/c1-4-11(5-2)15-13(19)16-14(12(17)18)8-6-10(3)7-9-14/h1,10-11H,5-9H2,2-3H3,(H,17,18)(H2,15,16,19). The number of rotatable bonds is 4. The molecule has 0 spiro atoms. The monoisotopic (exact) mass is 266 g/mol. The number of amides is 2. The molecule has 0 radical (unpaired) electrons. The minimum absolute atomic E-state index is 0.367. The lowest BCUT2D eigenvalue weighted by atomic mass is 9.77. The summed E-state index contributed by atoms with van der Waals surface area (Å²) in [6, 6.07) is -0.866. The molecule has 0 aromatic carbocycles. The molecule has 1 rings (SSSR count). The van der Waals surface area contributed by atoms with Crippen LogP contribution in [0.25, 0.3) is 0 Å². The van der Waals surface area contributed by atoms with E-state index < -0.39 is 17.5 Å². The Kier molecular flexibility index (Phi) is 5.22. The van der Waals surface area contributed by atoms with Crippen LogP contribution in [0.4, 0.5) is 4.79 Å². The first kappa shape index (κ1) is 15.4. The molecule has 1 atom stereocenters. The normalized spacial score (nSPS) is 27.9. The van der Waals surface area contributed by atoms with E-state index in [0.717, 1.165) is 12.8 Å². The first-order valence-electron chi connectivity index (χ1n) is 6.71. The second kappa shape index (κ2) is 6.46. The fourth-order valence-electron chi connectivity index (χ4n) is 2.32. The highest BCUT2D eigenvalue weighted by Crippen LogP contribution is 2.32. The van der Waals surface area contributed by atoms with Gasteiger partial charge in [0.25, 0.3) is 0 Å². The molecule has 1 saturated carbocycles. The van der Waals surface area contributed by atoms with Gasteiger partial charge in [0, 0.05) is 0 Å². The van der Waals surface area contributed by atoms with E-state index in [1.165, 1.54) is 0 Å². The third-order valence-electron chi connectivity index (χ3n) is 3.80. The molecule has 0 aromatic rings. The van der Waals surface area contributed by atoms with Crippen LogP contribution in [0.1, 0.15) is 46.0 Å². The van der Waals surface area contributed by atoms with Crippen LogP contribution in [-0.4, -0.2) is 28.7 Å². The molecule has 1 fully saturated rings. The van der Waals surface area contributed by atoms with Crippen LogP contribution < -0.4 is 10.6 Å². The topological polar surface area (TPSA) is 78.4 Å². The maximum absolute atomic E-state index is 11.8. The van der Waals surface area contributed by atoms with Gasteiger partial charge in [0.05, 0.1) is 6.04 Å². The molecule has 0 saturated heterocycles. The SMILES string of the molecule is C#CC(CC)NC(=O)NC1(C(=O)O)CCC(C)CC1. The van der Waals surface area contributed by atoms with Crippen molar-refractivity contribution < 1.29 is 14.7 Å². The van der Waals surface area contributed by atoms with E-state index >= 15 is 0 Å². The largest absolute Gasteiger partial charge is 0.480 e. The van der Waals surface area contributed by atoms with Crippen molar-refractivity contribution in [2.24, 2.45) is 5.92 Å². The van der Waals surface area contributed by atoms with Gasteiger partial charge in [-0.1, -0.05) is 19.8 Å². The van der Waals surface area contributed by atoms with E-state index in [1.54, 1.807) is 0 Å². The summed E-state index contributed by atoms with van der Waals surface area (Å²) in [6.07, 6.45) is 8.41. The van der Waals surface area contributed by atoms with Crippen molar-refractivity contribution in [2.75, 3.05) is 0 Å². The molecule has 0 bridgehead atoms. The Balaban J connectivity index is 2.67. The maximum atomic E-state index is 11.8. The Morgan fingerprint density at radius 3 is 2.47 bits per heavy atom. The molecular weight excluding hydrogens is 244 g/mol. The predicted octanol–water partition coefficient (Wildman–Crippen LogP) is 1.73. The average Bonchev–Trinajstić information content (AvgIpc) is 2.38. The quantitative estimate of drug-likeness (QED) is 0.678. The Morgan fingerprint density at radius 1 is 1.47 bits per heavy atom. The fraction of sp³-hybridized carbons (Fsp3) is 0.714. The van der Waals surface area contributed by atoms with Crippen molar-refractivity contribution in [2.45, 2.75) is 57.5 Å². The second-order valence-electron chi connectivity index (χ2n) is 5.30. The molecule has 5 nitrogen and oxygen atoms in total. The second-order valence-corrected chi connectivity index (χ2v) is 5.30. The van der Waals surface area contributed by atoms with Crippen molar-refractivity contribution in [1.29, 1.82) is 0 Å². The maximum Gasteiger partial charge on any atom is 0.329 e. The molecule has 0 heterocycles. The predicted molar refractivity (Wildman–Crippen MR) is 72.6 cm³/mol. The van der Waals surface area contributed by atoms with Crippen molar-refractivity contribution in [3.8, 4) is 12.3 Å². The number of hydrogen-bond donors (Lipinski definition) is 3. The number of nitrogens with one attached hydrogen (secondary N) is 2. The van der Waals surface area contributed by atoms with E-state index in [9.17, 15) is 14.7 Å². The Morgan fingerprint density at radius 2 is 2.05 bits per heavy atom. The number of aliphatic carboxylic acids is 1. The van der Waals surface area contributed by atoms with Crippen LogP contribution in [0.3, 0.4) is 0 Å². The van der Waals surface area contributed by atoms with Gasteiger partial charge in [-0.25, -0.2) is 9.59 Å². The number of terminal acetylenes is 1. The summed E-state index contributed by atoms with van der Waals surface area (Å²) in [5, 5.41) is 14.6. The molecule has 1 aliphatic carbocycles. The highest BCUT2D eigenvalue weighted by molar-refractivity contribution is 5.86. The van der Waals surface area contributed by atoms with Crippen molar-refractivity contribution in [3.05, 3.63) is 0 Å².